The Hall–Kier alpha value is -1.95. The van der Waals surface area contributed by atoms with Crippen LogP contribution in [0.1, 0.15) is 35.4 Å². The Kier molecular flexibility index (Phi) is 4.04. The lowest BCUT2D eigenvalue weighted by Crippen LogP contribution is -2.14. The zero-order chi connectivity index (χ0) is 14.8. The van der Waals surface area contributed by atoms with Gasteiger partial charge >= 0.3 is 6.18 Å². The first kappa shape index (κ1) is 14.5. The van der Waals surface area contributed by atoms with Crippen LogP contribution in [0.3, 0.4) is 0 Å². The minimum absolute atomic E-state index is 0.190. The first-order chi connectivity index (χ1) is 9.45. The normalized spacial score (nSPS) is 13.2. The summed E-state index contributed by atoms with van der Waals surface area (Å²) in [7, 11) is 0. The molecule has 2 rings (SSSR count). The SMILES string of the molecule is CCc1ncncc1C(O)c1ccccc1C(F)(F)F. The highest BCUT2D eigenvalue weighted by molar-refractivity contribution is 5.38. The standard InChI is InChI=1S/C14H13F3N2O/c1-2-12-10(7-18-8-19-12)13(20)9-5-3-4-6-11(9)14(15,16)17/h3-8,13,20H,2H2,1H3. The van der Waals surface area contributed by atoms with Crippen LogP contribution >= 0.6 is 0 Å². The minimum Gasteiger partial charge on any atom is -0.384 e. The molecule has 0 aliphatic heterocycles. The molecule has 1 atom stereocenters. The number of hydrogen-bond acceptors (Lipinski definition) is 3. The summed E-state index contributed by atoms with van der Waals surface area (Å²) < 4.78 is 38.9. The third-order valence-electron chi connectivity index (χ3n) is 3.02. The van der Waals surface area contributed by atoms with Gasteiger partial charge in [-0.05, 0) is 18.1 Å². The molecule has 1 aromatic carbocycles. The molecule has 20 heavy (non-hydrogen) atoms. The van der Waals surface area contributed by atoms with Gasteiger partial charge in [-0.25, -0.2) is 9.97 Å². The molecule has 2 aromatic rings. The second-order valence-corrected chi connectivity index (χ2v) is 4.27. The van der Waals surface area contributed by atoms with Gasteiger partial charge in [0.2, 0.25) is 0 Å². The van der Waals surface area contributed by atoms with Crippen molar-refractivity contribution in [3.8, 4) is 0 Å². The number of benzene rings is 1. The van der Waals surface area contributed by atoms with E-state index in [2.05, 4.69) is 9.97 Å². The summed E-state index contributed by atoms with van der Waals surface area (Å²) in [6, 6.07) is 4.97. The quantitative estimate of drug-likeness (QED) is 0.940. The lowest BCUT2D eigenvalue weighted by molar-refractivity contribution is -0.139. The third-order valence-corrected chi connectivity index (χ3v) is 3.02. The number of halogens is 3. The summed E-state index contributed by atoms with van der Waals surface area (Å²) in [5.41, 5.74) is -0.209. The zero-order valence-electron chi connectivity index (χ0n) is 10.7. The number of aliphatic hydroxyl groups excluding tert-OH is 1. The number of rotatable bonds is 3. The predicted molar refractivity (Wildman–Crippen MR) is 66.9 cm³/mol. The van der Waals surface area contributed by atoms with E-state index in [0.717, 1.165) is 6.07 Å². The average Bonchev–Trinajstić information content (AvgIpc) is 2.45. The maximum Gasteiger partial charge on any atom is 0.416 e. The lowest BCUT2D eigenvalue weighted by Gasteiger charge is -2.18. The molecule has 0 radical (unpaired) electrons. The first-order valence-corrected chi connectivity index (χ1v) is 6.08. The Morgan fingerprint density at radius 1 is 1.20 bits per heavy atom. The van der Waals surface area contributed by atoms with Crippen molar-refractivity contribution in [2.75, 3.05) is 0 Å². The molecule has 0 aliphatic carbocycles. The summed E-state index contributed by atoms with van der Waals surface area (Å²) in [6.45, 7) is 1.81. The van der Waals surface area contributed by atoms with E-state index in [1.807, 2.05) is 6.92 Å². The van der Waals surface area contributed by atoms with Crippen molar-refractivity contribution >= 4 is 0 Å². The lowest BCUT2D eigenvalue weighted by atomic mass is 9.96. The van der Waals surface area contributed by atoms with Crippen molar-refractivity contribution in [1.82, 2.24) is 9.97 Å². The summed E-state index contributed by atoms with van der Waals surface area (Å²) in [6.07, 6.45) is -2.75. The van der Waals surface area contributed by atoms with Crippen molar-refractivity contribution in [3.63, 3.8) is 0 Å². The van der Waals surface area contributed by atoms with E-state index in [1.165, 1.54) is 30.7 Å². The van der Waals surface area contributed by atoms with Gasteiger partial charge in [-0.15, -0.1) is 0 Å². The third kappa shape index (κ3) is 2.80. The number of aliphatic hydroxyl groups is 1. The van der Waals surface area contributed by atoms with E-state index in [0.29, 0.717) is 17.7 Å². The van der Waals surface area contributed by atoms with Gasteiger partial charge in [0.25, 0.3) is 0 Å². The van der Waals surface area contributed by atoms with Crippen molar-refractivity contribution < 1.29 is 18.3 Å². The van der Waals surface area contributed by atoms with E-state index in [4.69, 9.17) is 0 Å². The van der Waals surface area contributed by atoms with Crippen molar-refractivity contribution in [2.24, 2.45) is 0 Å². The summed E-state index contributed by atoms with van der Waals surface area (Å²) >= 11 is 0. The van der Waals surface area contributed by atoms with E-state index < -0.39 is 17.8 Å². The Morgan fingerprint density at radius 2 is 1.90 bits per heavy atom. The fourth-order valence-electron chi connectivity index (χ4n) is 2.05. The van der Waals surface area contributed by atoms with Crippen LogP contribution in [0.25, 0.3) is 0 Å². The summed E-state index contributed by atoms with van der Waals surface area (Å²) in [5.74, 6) is 0. The molecule has 0 bridgehead atoms. The second-order valence-electron chi connectivity index (χ2n) is 4.27. The Bertz CT molecular complexity index is 599. The van der Waals surface area contributed by atoms with Gasteiger partial charge in [0, 0.05) is 17.5 Å². The molecule has 1 N–H and O–H groups in total. The maximum absolute atomic E-state index is 13.0. The first-order valence-electron chi connectivity index (χ1n) is 6.08. The Balaban J connectivity index is 2.52. The van der Waals surface area contributed by atoms with Gasteiger partial charge in [0.1, 0.15) is 12.4 Å². The van der Waals surface area contributed by atoms with Crippen molar-refractivity contribution in [2.45, 2.75) is 25.6 Å². The van der Waals surface area contributed by atoms with Crippen LogP contribution in [-0.4, -0.2) is 15.1 Å². The molecular formula is C14H13F3N2O. The van der Waals surface area contributed by atoms with Crippen LogP contribution in [0.5, 0.6) is 0 Å². The van der Waals surface area contributed by atoms with E-state index in [1.54, 1.807) is 0 Å². The molecule has 0 spiro atoms. The van der Waals surface area contributed by atoms with Crippen LogP contribution in [-0.2, 0) is 12.6 Å². The van der Waals surface area contributed by atoms with E-state index in [9.17, 15) is 18.3 Å². The number of nitrogens with zero attached hydrogens (tertiary/aromatic N) is 2. The average molecular weight is 282 g/mol. The molecule has 106 valence electrons. The smallest absolute Gasteiger partial charge is 0.384 e. The summed E-state index contributed by atoms with van der Waals surface area (Å²) in [4.78, 5) is 7.76. The van der Waals surface area contributed by atoms with Gasteiger partial charge < -0.3 is 5.11 Å². The topological polar surface area (TPSA) is 46.0 Å². The van der Waals surface area contributed by atoms with Crippen LogP contribution in [0, 0.1) is 0 Å². The van der Waals surface area contributed by atoms with Crippen LogP contribution in [0.15, 0.2) is 36.8 Å². The predicted octanol–water partition coefficient (Wildman–Crippen LogP) is 3.14. The molecule has 6 heteroatoms. The fourth-order valence-corrected chi connectivity index (χ4v) is 2.05. The van der Waals surface area contributed by atoms with E-state index in [-0.39, 0.29) is 5.56 Å². The van der Waals surface area contributed by atoms with Crippen LogP contribution < -0.4 is 0 Å². The second kappa shape index (κ2) is 5.58. The molecule has 0 saturated heterocycles. The maximum atomic E-state index is 13.0. The molecule has 1 heterocycles. The van der Waals surface area contributed by atoms with Gasteiger partial charge in [-0.2, -0.15) is 13.2 Å². The van der Waals surface area contributed by atoms with E-state index >= 15 is 0 Å². The highest BCUT2D eigenvalue weighted by atomic mass is 19.4. The van der Waals surface area contributed by atoms with Gasteiger partial charge in [0.05, 0.1) is 5.56 Å². The molecule has 1 unspecified atom stereocenters. The van der Waals surface area contributed by atoms with Crippen molar-refractivity contribution in [3.05, 3.63) is 59.2 Å². The monoisotopic (exact) mass is 282 g/mol. The Labute approximate surface area is 114 Å². The fraction of sp³-hybridized carbons (Fsp3) is 0.286. The molecule has 3 nitrogen and oxygen atoms in total. The summed E-state index contributed by atoms with van der Waals surface area (Å²) in [5, 5.41) is 10.3. The van der Waals surface area contributed by atoms with Gasteiger partial charge in [0.15, 0.2) is 0 Å². The highest BCUT2D eigenvalue weighted by Crippen LogP contribution is 2.36. The molecular weight excluding hydrogens is 269 g/mol. The zero-order valence-corrected chi connectivity index (χ0v) is 10.7. The van der Waals surface area contributed by atoms with Gasteiger partial charge in [-0.1, -0.05) is 25.1 Å². The molecule has 0 amide bonds. The number of hydrogen-bond donors (Lipinski definition) is 1. The minimum atomic E-state index is -4.51. The van der Waals surface area contributed by atoms with Crippen LogP contribution in [0.2, 0.25) is 0 Å². The highest BCUT2D eigenvalue weighted by Gasteiger charge is 2.35. The molecule has 0 fully saturated rings. The molecule has 1 aromatic heterocycles. The van der Waals surface area contributed by atoms with Crippen molar-refractivity contribution in [1.29, 1.82) is 0 Å². The number of alkyl halides is 3. The van der Waals surface area contributed by atoms with Crippen LogP contribution in [0.4, 0.5) is 13.2 Å². The van der Waals surface area contributed by atoms with Gasteiger partial charge in [-0.3, -0.25) is 0 Å². The molecule has 0 aliphatic rings. The number of aromatic nitrogens is 2. The molecule has 0 saturated carbocycles. The largest absolute Gasteiger partial charge is 0.416 e. The Morgan fingerprint density at radius 3 is 2.55 bits per heavy atom. The number of aryl methyl sites for hydroxylation is 1.